The lowest BCUT2D eigenvalue weighted by Crippen LogP contribution is -2.12. The van der Waals surface area contributed by atoms with Crippen LogP contribution in [0, 0.1) is 5.92 Å². The highest BCUT2D eigenvalue weighted by Crippen LogP contribution is 2.36. The van der Waals surface area contributed by atoms with E-state index in [9.17, 15) is 8.78 Å². The zero-order valence-electron chi connectivity index (χ0n) is 12.3. The number of halogens is 2. The van der Waals surface area contributed by atoms with E-state index in [1.165, 1.54) is 18.4 Å². The Morgan fingerprint density at radius 3 is 2.38 bits per heavy atom. The lowest BCUT2D eigenvalue weighted by atomic mass is 9.78. The van der Waals surface area contributed by atoms with Crippen molar-refractivity contribution in [3.8, 4) is 5.75 Å². The van der Waals surface area contributed by atoms with Crippen molar-refractivity contribution in [2.45, 2.75) is 38.2 Å². The van der Waals surface area contributed by atoms with E-state index in [1.54, 1.807) is 19.2 Å². The van der Waals surface area contributed by atoms with Gasteiger partial charge >= 0.3 is 6.61 Å². The van der Waals surface area contributed by atoms with Crippen LogP contribution in [0.15, 0.2) is 36.4 Å². The third-order valence-electron chi connectivity index (χ3n) is 4.02. The lowest BCUT2D eigenvalue weighted by molar-refractivity contribution is -0.0498. The predicted molar refractivity (Wildman–Crippen MR) is 78.8 cm³/mol. The fraction of sp³-hybridized carbons (Fsp3) is 0.529. The summed E-state index contributed by atoms with van der Waals surface area (Å²) in [5, 5.41) is 0. The molecule has 0 N–H and O–H groups in total. The standard InChI is InChI=1S/C17H22F2O2/c1-20-12-2-3-13-4-6-14(7-5-13)15-8-10-16(11-9-15)21-17(18)19/h2-3,8-11,13-14,17H,4-7,12H2,1H3/b3-2+/t13-,14-. The first-order valence-electron chi connectivity index (χ1n) is 7.39. The quantitative estimate of drug-likeness (QED) is 0.704. The van der Waals surface area contributed by atoms with Crippen LogP contribution in [-0.4, -0.2) is 20.3 Å². The van der Waals surface area contributed by atoms with Crippen molar-refractivity contribution in [1.82, 2.24) is 0 Å². The van der Waals surface area contributed by atoms with Gasteiger partial charge in [0.25, 0.3) is 0 Å². The van der Waals surface area contributed by atoms with Gasteiger partial charge in [-0.05, 0) is 55.2 Å². The van der Waals surface area contributed by atoms with E-state index in [-0.39, 0.29) is 5.75 Å². The average Bonchev–Trinajstić information content (AvgIpc) is 2.49. The second-order valence-corrected chi connectivity index (χ2v) is 5.44. The minimum Gasteiger partial charge on any atom is -0.435 e. The van der Waals surface area contributed by atoms with Gasteiger partial charge in [-0.3, -0.25) is 0 Å². The maximum atomic E-state index is 12.1. The summed E-state index contributed by atoms with van der Waals surface area (Å²) in [7, 11) is 1.70. The Hall–Kier alpha value is -1.42. The van der Waals surface area contributed by atoms with E-state index in [4.69, 9.17) is 4.74 Å². The molecule has 2 rings (SSSR count). The van der Waals surface area contributed by atoms with E-state index in [2.05, 4.69) is 16.9 Å². The first-order chi connectivity index (χ1) is 10.2. The molecule has 0 aromatic heterocycles. The largest absolute Gasteiger partial charge is 0.435 e. The van der Waals surface area contributed by atoms with Crippen LogP contribution < -0.4 is 4.74 Å². The fourth-order valence-corrected chi connectivity index (χ4v) is 2.91. The molecular weight excluding hydrogens is 274 g/mol. The van der Waals surface area contributed by atoms with Gasteiger partial charge in [0.1, 0.15) is 5.75 Å². The molecule has 0 amide bonds. The molecule has 0 aliphatic heterocycles. The van der Waals surface area contributed by atoms with E-state index in [1.807, 2.05) is 12.1 Å². The maximum absolute atomic E-state index is 12.1. The third-order valence-corrected chi connectivity index (χ3v) is 4.02. The molecule has 0 heterocycles. The van der Waals surface area contributed by atoms with Crippen molar-refractivity contribution in [3.05, 3.63) is 42.0 Å². The van der Waals surface area contributed by atoms with Gasteiger partial charge in [0.2, 0.25) is 0 Å². The van der Waals surface area contributed by atoms with Crippen molar-refractivity contribution in [2.75, 3.05) is 13.7 Å². The molecule has 4 heteroatoms. The van der Waals surface area contributed by atoms with Crippen LogP contribution in [0.3, 0.4) is 0 Å². The van der Waals surface area contributed by atoms with E-state index in [0.717, 1.165) is 12.8 Å². The van der Waals surface area contributed by atoms with Gasteiger partial charge in [-0.15, -0.1) is 0 Å². The number of rotatable bonds is 6. The van der Waals surface area contributed by atoms with Crippen LogP contribution in [0.5, 0.6) is 5.75 Å². The van der Waals surface area contributed by atoms with E-state index in [0.29, 0.717) is 18.4 Å². The van der Waals surface area contributed by atoms with Crippen molar-refractivity contribution in [1.29, 1.82) is 0 Å². The molecule has 1 aliphatic rings. The molecule has 0 unspecified atom stereocenters. The summed E-state index contributed by atoms with van der Waals surface area (Å²) >= 11 is 0. The minimum atomic E-state index is -2.76. The first kappa shape index (κ1) is 16.0. The number of benzene rings is 1. The lowest BCUT2D eigenvalue weighted by Gasteiger charge is -2.27. The number of allylic oxidation sites excluding steroid dienone is 1. The molecule has 1 saturated carbocycles. The molecule has 1 fully saturated rings. The Kier molecular flexibility index (Phi) is 6.18. The smallest absolute Gasteiger partial charge is 0.387 e. The van der Waals surface area contributed by atoms with Crippen LogP contribution >= 0.6 is 0 Å². The maximum Gasteiger partial charge on any atom is 0.387 e. The molecule has 0 bridgehead atoms. The Labute approximate surface area is 124 Å². The molecule has 1 aromatic rings. The van der Waals surface area contributed by atoms with Gasteiger partial charge in [-0.25, -0.2) is 0 Å². The van der Waals surface area contributed by atoms with E-state index >= 15 is 0 Å². The molecule has 116 valence electrons. The molecule has 0 radical (unpaired) electrons. The first-order valence-corrected chi connectivity index (χ1v) is 7.39. The summed E-state index contributed by atoms with van der Waals surface area (Å²) in [6.45, 7) is -2.09. The number of methoxy groups -OCH3 is 1. The molecular formula is C17H22F2O2. The van der Waals surface area contributed by atoms with Gasteiger partial charge in [0.15, 0.2) is 0 Å². The fourth-order valence-electron chi connectivity index (χ4n) is 2.91. The summed E-state index contributed by atoms with van der Waals surface area (Å²) in [5.41, 5.74) is 1.22. The van der Waals surface area contributed by atoms with Gasteiger partial charge in [-0.1, -0.05) is 24.3 Å². The van der Waals surface area contributed by atoms with E-state index < -0.39 is 6.61 Å². The summed E-state index contributed by atoms with van der Waals surface area (Å²) in [4.78, 5) is 0. The van der Waals surface area contributed by atoms with Crippen LogP contribution in [0.2, 0.25) is 0 Å². The summed E-state index contributed by atoms with van der Waals surface area (Å²) in [5.74, 6) is 1.39. The molecule has 2 nitrogen and oxygen atoms in total. The Bertz CT molecular complexity index is 435. The van der Waals surface area contributed by atoms with Crippen molar-refractivity contribution < 1.29 is 18.3 Å². The summed E-state index contributed by atoms with van der Waals surface area (Å²) in [6.07, 6.45) is 8.94. The van der Waals surface area contributed by atoms with Crippen molar-refractivity contribution in [3.63, 3.8) is 0 Å². The Balaban J connectivity index is 1.84. The van der Waals surface area contributed by atoms with Crippen molar-refractivity contribution in [2.24, 2.45) is 5.92 Å². The van der Waals surface area contributed by atoms with Crippen LogP contribution in [0.4, 0.5) is 8.78 Å². The normalized spacial score (nSPS) is 22.9. The molecule has 0 saturated heterocycles. The highest BCUT2D eigenvalue weighted by atomic mass is 19.3. The second-order valence-electron chi connectivity index (χ2n) is 5.44. The average molecular weight is 296 g/mol. The topological polar surface area (TPSA) is 18.5 Å². The Morgan fingerprint density at radius 1 is 1.14 bits per heavy atom. The van der Waals surface area contributed by atoms with Crippen LogP contribution in [-0.2, 0) is 4.74 Å². The zero-order valence-corrected chi connectivity index (χ0v) is 12.3. The highest BCUT2D eigenvalue weighted by Gasteiger charge is 2.20. The third kappa shape index (κ3) is 5.12. The highest BCUT2D eigenvalue weighted by molar-refractivity contribution is 5.29. The number of alkyl halides is 2. The van der Waals surface area contributed by atoms with Crippen LogP contribution in [0.1, 0.15) is 37.2 Å². The molecule has 1 aromatic carbocycles. The number of hydrogen-bond acceptors (Lipinski definition) is 2. The number of hydrogen-bond donors (Lipinski definition) is 0. The summed E-state index contributed by atoms with van der Waals surface area (Å²) < 4.78 is 33.6. The van der Waals surface area contributed by atoms with Crippen LogP contribution in [0.25, 0.3) is 0 Å². The number of ether oxygens (including phenoxy) is 2. The van der Waals surface area contributed by atoms with Crippen molar-refractivity contribution >= 4 is 0 Å². The molecule has 1 aliphatic carbocycles. The molecule has 0 atom stereocenters. The SMILES string of the molecule is COC/C=C/[C@H]1CC[C@H](c2ccc(OC(F)F)cc2)CC1. The van der Waals surface area contributed by atoms with Gasteiger partial charge in [-0.2, -0.15) is 8.78 Å². The second kappa shape index (κ2) is 8.13. The molecule has 21 heavy (non-hydrogen) atoms. The minimum absolute atomic E-state index is 0.227. The van der Waals surface area contributed by atoms with Gasteiger partial charge < -0.3 is 9.47 Å². The van der Waals surface area contributed by atoms with Gasteiger partial charge in [0.05, 0.1) is 6.61 Å². The monoisotopic (exact) mass is 296 g/mol. The Morgan fingerprint density at radius 2 is 1.81 bits per heavy atom. The summed E-state index contributed by atoms with van der Waals surface area (Å²) in [6, 6.07) is 7.07. The molecule has 0 spiro atoms. The van der Waals surface area contributed by atoms with Gasteiger partial charge in [0, 0.05) is 7.11 Å². The zero-order chi connectivity index (χ0) is 15.1. The predicted octanol–water partition coefficient (Wildman–Crippen LogP) is 4.76.